The fourth-order valence-electron chi connectivity index (χ4n) is 1.10. The molecule has 1 aromatic carbocycles. The molecule has 0 aliphatic heterocycles. The molecular formula is C10H8Cl2F3NO2. The van der Waals surface area contributed by atoms with Crippen molar-refractivity contribution in [3.8, 4) is 11.5 Å². The molecule has 0 bridgehead atoms. The summed E-state index contributed by atoms with van der Waals surface area (Å²) in [5.74, 6) is 0.228. The largest absolute Gasteiger partial charge is 0.495 e. The van der Waals surface area contributed by atoms with Gasteiger partial charge < -0.3 is 9.47 Å². The van der Waals surface area contributed by atoms with Gasteiger partial charge >= 0.3 is 6.18 Å². The second-order valence-electron chi connectivity index (χ2n) is 3.06. The Labute approximate surface area is 111 Å². The van der Waals surface area contributed by atoms with Crippen molar-refractivity contribution in [2.75, 3.05) is 14.2 Å². The summed E-state index contributed by atoms with van der Waals surface area (Å²) >= 11 is 10.8. The summed E-state index contributed by atoms with van der Waals surface area (Å²) in [6.45, 7) is 0. The van der Waals surface area contributed by atoms with Gasteiger partial charge in [0.25, 0.3) is 0 Å². The van der Waals surface area contributed by atoms with Gasteiger partial charge in [0.2, 0.25) is 5.17 Å². The molecule has 18 heavy (non-hydrogen) atoms. The number of benzene rings is 1. The Kier molecular flexibility index (Phi) is 4.70. The summed E-state index contributed by atoms with van der Waals surface area (Å²) in [7, 11) is 2.60. The van der Waals surface area contributed by atoms with E-state index in [1.54, 1.807) is 0 Å². The SMILES string of the molecule is COc1cc(N=C(Cl)C(F)(F)F)c(OC)cc1Cl. The third kappa shape index (κ3) is 3.43. The summed E-state index contributed by atoms with van der Waals surface area (Å²) < 4.78 is 46.6. The van der Waals surface area contributed by atoms with Crippen molar-refractivity contribution in [2.45, 2.75) is 6.18 Å². The predicted molar refractivity (Wildman–Crippen MR) is 63.6 cm³/mol. The van der Waals surface area contributed by atoms with Crippen LogP contribution in [0.4, 0.5) is 18.9 Å². The van der Waals surface area contributed by atoms with Gasteiger partial charge in [-0.3, -0.25) is 0 Å². The first kappa shape index (κ1) is 14.9. The fourth-order valence-corrected chi connectivity index (χ4v) is 1.42. The van der Waals surface area contributed by atoms with Crippen LogP contribution >= 0.6 is 23.2 Å². The smallest absolute Gasteiger partial charge is 0.444 e. The Balaban J connectivity index is 3.31. The first-order valence-corrected chi connectivity index (χ1v) is 5.28. The molecule has 0 N–H and O–H groups in total. The van der Waals surface area contributed by atoms with Gasteiger partial charge in [0, 0.05) is 12.1 Å². The molecule has 0 unspecified atom stereocenters. The Bertz CT molecular complexity index is 475. The highest BCUT2D eigenvalue weighted by Gasteiger charge is 2.34. The molecule has 0 aromatic heterocycles. The van der Waals surface area contributed by atoms with Crippen molar-refractivity contribution in [3.63, 3.8) is 0 Å². The zero-order valence-corrected chi connectivity index (χ0v) is 10.8. The molecule has 0 saturated carbocycles. The lowest BCUT2D eigenvalue weighted by Crippen LogP contribution is -2.16. The average Bonchev–Trinajstić information content (AvgIpc) is 2.29. The van der Waals surface area contributed by atoms with Crippen molar-refractivity contribution in [3.05, 3.63) is 17.2 Å². The number of nitrogens with zero attached hydrogens (tertiary/aromatic N) is 1. The van der Waals surface area contributed by atoms with Gasteiger partial charge in [-0.2, -0.15) is 13.2 Å². The predicted octanol–water partition coefficient (Wildman–Crippen LogP) is 4.19. The average molecular weight is 302 g/mol. The van der Waals surface area contributed by atoms with Crippen LogP contribution in [0.1, 0.15) is 0 Å². The molecule has 8 heteroatoms. The molecular weight excluding hydrogens is 294 g/mol. The third-order valence-electron chi connectivity index (χ3n) is 1.91. The molecule has 3 nitrogen and oxygen atoms in total. The molecule has 0 heterocycles. The van der Waals surface area contributed by atoms with Gasteiger partial charge in [-0.15, -0.1) is 0 Å². The van der Waals surface area contributed by atoms with Gasteiger partial charge in [-0.05, 0) is 0 Å². The van der Waals surface area contributed by atoms with Crippen molar-refractivity contribution < 1.29 is 22.6 Å². The van der Waals surface area contributed by atoms with Crippen molar-refractivity contribution >= 4 is 34.1 Å². The second kappa shape index (κ2) is 5.67. The summed E-state index contributed by atoms with van der Waals surface area (Å²) in [5, 5.41) is -1.32. The quantitative estimate of drug-likeness (QED) is 0.784. The van der Waals surface area contributed by atoms with Gasteiger partial charge in [0.15, 0.2) is 0 Å². The minimum atomic E-state index is -4.72. The Hall–Kier alpha value is -1.14. The van der Waals surface area contributed by atoms with E-state index in [0.29, 0.717) is 0 Å². The van der Waals surface area contributed by atoms with Crippen LogP contribution in [-0.4, -0.2) is 25.6 Å². The highest BCUT2D eigenvalue weighted by Crippen LogP contribution is 2.38. The minimum absolute atomic E-state index is 0.0585. The molecule has 0 saturated heterocycles. The lowest BCUT2D eigenvalue weighted by atomic mass is 10.2. The van der Waals surface area contributed by atoms with E-state index in [2.05, 4.69) is 4.99 Å². The van der Waals surface area contributed by atoms with Crippen LogP contribution in [0.15, 0.2) is 17.1 Å². The number of aliphatic imine (C=N–C) groups is 1. The van der Waals surface area contributed by atoms with E-state index >= 15 is 0 Å². The lowest BCUT2D eigenvalue weighted by molar-refractivity contribution is -0.0558. The van der Waals surface area contributed by atoms with E-state index in [1.165, 1.54) is 26.4 Å². The number of hydrogen-bond acceptors (Lipinski definition) is 3. The van der Waals surface area contributed by atoms with Crippen LogP contribution < -0.4 is 9.47 Å². The third-order valence-corrected chi connectivity index (χ3v) is 2.50. The zero-order valence-electron chi connectivity index (χ0n) is 9.31. The van der Waals surface area contributed by atoms with E-state index in [1.807, 2.05) is 0 Å². The number of rotatable bonds is 3. The number of methoxy groups -OCH3 is 2. The van der Waals surface area contributed by atoms with Crippen LogP contribution in [0.25, 0.3) is 0 Å². The van der Waals surface area contributed by atoms with Gasteiger partial charge in [0.1, 0.15) is 17.2 Å². The molecule has 0 radical (unpaired) electrons. The van der Waals surface area contributed by atoms with Gasteiger partial charge in [0.05, 0.1) is 19.2 Å². The van der Waals surface area contributed by atoms with E-state index in [0.717, 1.165) is 0 Å². The zero-order chi connectivity index (χ0) is 13.9. The van der Waals surface area contributed by atoms with E-state index in [4.69, 9.17) is 32.7 Å². The first-order valence-electron chi connectivity index (χ1n) is 4.52. The van der Waals surface area contributed by atoms with Gasteiger partial charge in [-0.25, -0.2) is 4.99 Å². The van der Waals surface area contributed by atoms with Crippen LogP contribution in [0.5, 0.6) is 11.5 Å². The molecule has 0 aliphatic carbocycles. The van der Waals surface area contributed by atoms with Crippen LogP contribution in [0, 0.1) is 0 Å². The lowest BCUT2D eigenvalue weighted by Gasteiger charge is -2.10. The Morgan fingerprint density at radius 3 is 2.17 bits per heavy atom. The second-order valence-corrected chi connectivity index (χ2v) is 3.82. The van der Waals surface area contributed by atoms with Gasteiger partial charge in [-0.1, -0.05) is 23.2 Å². The molecule has 0 aliphatic rings. The van der Waals surface area contributed by atoms with Crippen molar-refractivity contribution in [1.29, 1.82) is 0 Å². The highest BCUT2D eigenvalue weighted by atomic mass is 35.5. The van der Waals surface area contributed by atoms with Crippen LogP contribution in [0.3, 0.4) is 0 Å². The first-order chi connectivity index (χ1) is 8.29. The normalized spacial score (nSPS) is 12.5. The monoisotopic (exact) mass is 301 g/mol. The molecule has 100 valence electrons. The van der Waals surface area contributed by atoms with Crippen LogP contribution in [0.2, 0.25) is 5.02 Å². The molecule has 1 aromatic rings. The minimum Gasteiger partial charge on any atom is -0.495 e. The number of ether oxygens (including phenoxy) is 2. The molecule has 0 fully saturated rings. The summed E-state index contributed by atoms with van der Waals surface area (Å²) in [4.78, 5) is 3.24. The maximum Gasteiger partial charge on any atom is 0.444 e. The van der Waals surface area contributed by atoms with E-state index < -0.39 is 11.3 Å². The fraction of sp³-hybridized carbons (Fsp3) is 0.300. The number of alkyl halides is 3. The van der Waals surface area contributed by atoms with Crippen molar-refractivity contribution in [2.24, 2.45) is 4.99 Å². The van der Waals surface area contributed by atoms with Crippen LogP contribution in [-0.2, 0) is 0 Å². The maximum atomic E-state index is 12.3. The number of hydrogen-bond donors (Lipinski definition) is 0. The topological polar surface area (TPSA) is 30.8 Å². The molecule has 0 atom stereocenters. The summed E-state index contributed by atoms with van der Waals surface area (Å²) in [5.41, 5.74) is -0.124. The van der Waals surface area contributed by atoms with E-state index in [9.17, 15) is 13.2 Å². The Morgan fingerprint density at radius 1 is 1.17 bits per heavy atom. The Morgan fingerprint density at radius 2 is 1.72 bits per heavy atom. The molecule has 1 rings (SSSR count). The molecule has 0 amide bonds. The maximum absolute atomic E-state index is 12.3. The number of halogens is 5. The van der Waals surface area contributed by atoms with E-state index in [-0.39, 0.29) is 22.2 Å². The summed E-state index contributed by atoms with van der Waals surface area (Å²) in [6.07, 6.45) is -4.72. The highest BCUT2D eigenvalue weighted by molar-refractivity contribution is 6.67. The molecule has 0 spiro atoms. The van der Waals surface area contributed by atoms with Crippen molar-refractivity contribution in [1.82, 2.24) is 0 Å². The standard InChI is InChI=1S/C10H8Cl2F3NO2/c1-17-7-4-6(8(18-2)3-5(7)11)16-9(12)10(13,14)15/h3-4H,1-2H3. The summed E-state index contributed by atoms with van der Waals surface area (Å²) in [6, 6.07) is 2.50.